The highest BCUT2D eigenvalue weighted by Crippen LogP contribution is 2.32. The summed E-state index contributed by atoms with van der Waals surface area (Å²) in [5.74, 6) is 0.358. The second-order valence-electron chi connectivity index (χ2n) is 4.20. The van der Waals surface area contributed by atoms with Crippen molar-refractivity contribution in [2.24, 2.45) is 7.05 Å². The molecule has 0 spiro atoms. The molecule has 2 aromatic rings. The molecule has 0 aliphatic rings. The van der Waals surface area contributed by atoms with Gasteiger partial charge in [-0.15, -0.1) is 10.2 Å². The van der Waals surface area contributed by atoms with Gasteiger partial charge in [0.2, 0.25) is 0 Å². The topological polar surface area (TPSA) is 82.3 Å². The number of nitrogens with zero attached hydrogens (tertiary/aromatic N) is 4. The Morgan fingerprint density at radius 2 is 2.10 bits per heavy atom. The highest BCUT2D eigenvalue weighted by molar-refractivity contribution is 5.43. The molecule has 1 atom stereocenters. The molecule has 0 bridgehead atoms. The third-order valence-electron chi connectivity index (χ3n) is 2.71. The van der Waals surface area contributed by atoms with Gasteiger partial charge in [-0.1, -0.05) is 6.07 Å². The fourth-order valence-corrected chi connectivity index (χ4v) is 1.78. The molecule has 1 heterocycles. The van der Waals surface area contributed by atoms with Crippen LogP contribution in [0.4, 0.5) is 8.78 Å². The first-order chi connectivity index (χ1) is 9.99. The molecule has 0 radical (unpaired) electrons. The maximum absolute atomic E-state index is 12.3. The summed E-state index contributed by atoms with van der Waals surface area (Å²) >= 11 is 0. The van der Waals surface area contributed by atoms with E-state index in [1.54, 1.807) is 13.1 Å². The largest absolute Gasteiger partial charge is 0.493 e. The number of tetrazole rings is 1. The molecule has 0 amide bonds. The van der Waals surface area contributed by atoms with Crippen LogP contribution in [0.15, 0.2) is 18.2 Å². The molecule has 1 aromatic heterocycles. The molecule has 114 valence electrons. The van der Waals surface area contributed by atoms with Crippen LogP contribution in [0.3, 0.4) is 0 Å². The molecule has 0 fully saturated rings. The van der Waals surface area contributed by atoms with Crippen LogP contribution in [0.1, 0.15) is 17.5 Å². The number of benzene rings is 1. The molecule has 21 heavy (non-hydrogen) atoms. The second-order valence-corrected chi connectivity index (χ2v) is 4.20. The second kappa shape index (κ2) is 6.44. The van der Waals surface area contributed by atoms with Crippen LogP contribution >= 0.6 is 0 Å². The first-order valence-electron chi connectivity index (χ1n) is 6.03. The van der Waals surface area contributed by atoms with Gasteiger partial charge in [-0.25, -0.2) is 0 Å². The predicted molar refractivity (Wildman–Crippen MR) is 67.1 cm³/mol. The van der Waals surface area contributed by atoms with Crippen LogP contribution in [0.5, 0.6) is 11.5 Å². The number of rotatable bonds is 6. The average molecular weight is 300 g/mol. The smallest absolute Gasteiger partial charge is 0.387 e. The molecule has 0 aliphatic heterocycles. The summed E-state index contributed by atoms with van der Waals surface area (Å²) in [4.78, 5) is 1.27. The molecule has 1 N–H and O–H groups in total. The van der Waals surface area contributed by atoms with Crippen LogP contribution in [-0.4, -0.2) is 39.0 Å². The van der Waals surface area contributed by atoms with Crippen molar-refractivity contribution in [1.29, 1.82) is 0 Å². The fourth-order valence-electron chi connectivity index (χ4n) is 1.78. The lowest BCUT2D eigenvalue weighted by molar-refractivity contribution is -0.0513. The monoisotopic (exact) mass is 300 g/mol. The van der Waals surface area contributed by atoms with E-state index in [1.165, 1.54) is 24.0 Å². The first-order valence-corrected chi connectivity index (χ1v) is 6.03. The summed E-state index contributed by atoms with van der Waals surface area (Å²) in [5.41, 5.74) is 0.388. The average Bonchev–Trinajstić information content (AvgIpc) is 2.83. The standard InChI is InChI=1S/C12H14F2N4O3/c1-18-16-11(15-17-18)6-8(19)7-3-4-9(20-2)10(5-7)21-12(13)14/h3-5,8,12,19H,6H2,1-2H3. The van der Waals surface area contributed by atoms with Crippen molar-refractivity contribution in [2.45, 2.75) is 19.1 Å². The maximum atomic E-state index is 12.3. The number of aliphatic hydroxyl groups is 1. The number of halogens is 2. The Balaban J connectivity index is 2.18. The summed E-state index contributed by atoms with van der Waals surface area (Å²) in [6.45, 7) is -2.98. The molecular formula is C12H14F2N4O3. The van der Waals surface area contributed by atoms with Gasteiger partial charge < -0.3 is 14.6 Å². The minimum absolute atomic E-state index is 0.105. The fraction of sp³-hybridized carbons (Fsp3) is 0.417. The number of aryl methyl sites for hydroxylation is 1. The summed E-state index contributed by atoms with van der Waals surface area (Å²) in [7, 11) is 2.94. The number of alkyl halides is 2. The molecule has 9 heteroatoms. The molecule has 0 saturated heterocycles. The van der Waals surface area contributed by atoms with Crippen molar-refractivity contribution in [3.05, 3.63) is 29.6 Å². The van der Waals surface area contributed by atoms with E-state index in [-0.39, 0.29) is 17.9 Å². The molecule has 0 saturated carbocycles. The maximum Gasteiger partial charge on any atom is 0.387 e. The van der Waals surface area contributed by atoms with E-state index in [0.717, 1.165) is 0 Å². The van der Waals surface area contributed by atoms with Gasteiger partial charge >= 0.3 is 6.61 Å². The Labute approximate surface area is 119 Å². The van der Waals surface area contributed by atoms with Crippen molar-refractivity contribution in [3.8, 4) is 11.5 Å². The summed E-state index contributed by atoms with van der Waals surface area (Å²) < 4.78 is 34.0. The van der Waals surface area contributed by atoms with E-state index in [4.69, 9.17) is 4.74 Å². The van der Waals surface area contributed by atoms with E-state index in [1.807, 2.05) is 0 Å². The molecule has 2 rings (SSSR count). The van der Waals surface area contributed by atoms with Crippen molar-refractivity contribution in [2.75, 3.05) is 7.11 Å². The van der Waals surface area contributed by atoms with E-state index in [9.17, 15) is 13.9 Å². The SMILES string of the molecule is COc1ccc(C(O)Cc2nnn(C)n2)cc1OC(F)F. The number of hydrogen-bond donors (Lipinski definition) is 1. The molecule has 1 aromatic carbocycles. The first kappa shape index (κ1) is 15.1. The van der Waals surface area contributed by atoms with Gasteiger partial charge in [-0.05, 0) is 22.9 Å². The van der Waals surface area contributed by atoms with E-state index in [2.05, 4.69) is 20.1 Å². The Bertz CT molecular complexity index is 606. The van der Waals surface area contributed by atoms with Crippen LogP contribution in [0, 0.1) is 0 Å². The zero-order valence-corrected chi connectivity index (χ0v) is 11.4. The number of aromatic nitrogens is 4. The summed E-state index contributed by atoms with van der Waals surface area (Å²) in [6, 6.07) is 4.30. The van der Waals surface area contributed by atoms with Crippen LogP contribution < -0.4 is 9.47 Å². The lowest BCUT2D eigenvalue weighted by atomic mass is 10.1. The molecule has 1 unspecified atom stereocenters. The normalized spacial score (nSPS) is 12.5. The van der Waals surface area contributed by atoms with E-state index in [0.29, 0.717) is 11.4 Å². The van der Waals surface area contributed by atoms with Crippen molar-refractivity contribution >= 4 is 0 Å². The van der Waals surface area contributed by atoms with Gasteiger partial charge in [0.05, 0.1) is 20.3 Å². The van der Waals surface area contributed by atoms with Gasteiger partial charge in [-0.2, -0.15) is 13.6 Å². The van der Waals surface area contributed by atoms with Gasteiger partial charge in [-0.3, -0.25) is 0 Å². The Hall–Kier alpha value is -2.29. The minimum atomic E-state index is -2.98. The summed E-state index contributed by atoms with van der Waals surface area (Å²) in [6.07, 6.45) is -0.867. The number of methoxy groups -OCH3 is 1. The van der Waals surface area contributed by atoms with Crippen LogP contribution in [-0.2, 0) is 13.5 Å². The van der Waals surface area contributed by atoms with E-state index >= 15 is 0 Å². The highest BCUT2D eigenvalue weighted by atomic mass is 19.3. The zero-order chi connectivity index (χ0) is 15.4. The lowest BCUT2D eigenvalue weighted by Crippen LogP contribution is -2.07. The number of aliphatic hydroxyl groups excluding tert-OH is 1. The van der Waals surface area contributed by atoms with Crippen molar-refractivity contribution in [3.63, 3.8) is 0 Å². The van der Waals surface area contributed by atoms with Gasteiger partial charge in [0, 0.05) is 6.42 Å². The Morgan fingerprint density at radius 3 is 2.67 bits per heavy atom. The Kier molecular flexibility index (Phi) is 4.63. The van der Waals surface area contributed by atoms with E-state index < -0.39 is 12.7 Å². The molecule has 0 aliphatic carbocycles. The molecular weight excluding hydrogens is 286 g/mol. The van der Waals surface area contributed by atoms with Crippen molar-refractivity contribution in [1.82, 2.24) is 20.2 Å². The third-order valence-corrected chi connectivity index (χ3v) is 2.71. The van der Waals surface area contributed by atoms with Gasteiger partial charge in [0.25, 0.3) is 0 Å². The van der Waals surface area contributed by atoms with Gasteiger partial charge in [0.1, 0.15) is 0 Å². The minimum Gasteiger partial charge on any atom is -0.493 e. The molecule has 7 nitrogen and oxygen atoms in total. The van der Waals surface area contributed by atoms with Crippen LogP contribution in [0.2, 0.25) is 0 Å². The Morgan fingerprint density at radius 1 is 1.33 bits per heavy atom. The quantitative estimate of drug-likeness (QED) is 0.860. The van der Waals surface area contributed by atoms with Crippen LogP contribution in [0.25, 0.3) is 0 Å². The number of ether oxygens (including phenoxy) is 2. The van der Waals surface area contributed by atoms with Gasteiger partial charge in [0.15, 0.2) is 17.3 Å². The van der Waals surface area contributed by atoms with Crippen molar-refractivity contribution < 1.29 is 23.4 Å². The zero-order valence-electron chi connectivity index (χ0n) is 11.4. The highest BCUT2D eigenvalue weighted by Gasteiger charge is 2.17. The third kappa shape index (κ3) is 3.85. The predicted octanol–water partition coefficient (Wildman–Crippen LogP) is 1.10. The number of hydrogen-bond acceptors (Lipinski definition) is 6. The summed E-state index contributed by atoms with van der Waals surface area (Å²) in [5, 5.41) is 21.4. The lowest BCUT2D eigenvalue weighted by Gasteiger charge is -2.14.